The van der Waals surface area contributed by atoms with Crippen LogP contribution in [0.3, 0.4) is 0 Å². The van der Waals surface area contributed by atoms with E-state index in [2.05, 4.69) is 44.9 Å². The quantitative estimate of drug-likeness (QED) is 0.326. The van der Waals surface area contributed by atoms with E-state index in [1.54, 1.807) is 0 Å². The summed E-state index contributed by atoms with van der Waals surface area (Å²) in [5.41, 5.74) is 3.45. The highest BCUT2D eigenvalue weighted by atomic mass is 16.5. The van der Waals surface area contributed by atoms with Crippen molar-refractivity contribution in [3.05, 3.63) is 35.2 Å². The molecule has 5 nitrogen and oxygen atoms in total. The van der Waals surface area contributed by atoms with Crippen molar-refractivity contribution in [2.24, 2.45) is 28.6 Å². The third-order valence-corrected chi connectivity index (χ3v) is 9.54. The molecule has 0 N–H and O–H groups in total. The minimum Gasteiger partial charge on any atom is -0.462 e. The number of fused-ring (bicyclic) bond motifs is 5. The van der Waals surface area contributed by atoms with Gasteiger partial charge in [-0.3, -0.25) is 14.3 Å². The van der Waals surface area contributed by atoms with Gasteiger partial charge in [-0.1, -0.05) is 25.5 Å². The number of rotatable bonds is 3. The molecule has 3 saturated carbocycles. The molecule has 6 atom stereocenters. The molecule has 0 saturated heterocycles. The Balaban J connectivity index is 1.43. The number of aromatic nitrogens is 2. The van der Waals surface area contributed by atoms with E-state index in [0.29, 0.717) is 23.5 Å². The zero-order valence-electron chi connectivity index (χ0n) is 20.8. The summed E-state index contributed by atoms with van der Waals surface area (Å²) in [7, 11) is 0. The van der Waals surface area contributed by atoms with Crippen molar-refractivity contribution in [1.82, 2.24) is 9.78 Å². The van der Waals surface area contributed by atoms with Gasteiger partial charge in [-0.2, -0.15) is 5.10 Å². The topological polar surface area (TPSA) is 61.2 Å². The van der Waals surface area contributed by atoms with Gasteiger partial charge in [0.1, 0.15) is 6.10 Å². The van der Waals surface area contributed by atoms with E-state index in [1.807, 2.05) is 16.9 Å². The molecule has 0 aromatic carbocycles. The number of hydrogen-bond donors (Lipinski definition) is 0. The molecule has 1 heterocycles. The lowest BCUT2D eigenvalue weighted by Crippen LogP contribution is -2.50. The number of allylic oxidation sites excluding steroid dienone is 2. The highest BCUT2D eigenvalue weighted by Crippen LogP contribution is 2.64. The molecule has 1 aromatic heterocycles. The summed E-state index contributed by atoms with van der Waals surface area (Å²) < 4.78 is 7.58. The first kappa shape index (κ1) is 22.6. The second-order valence-corrected chi connectivity index (χ2v) is 11.7. The standard InChI is InChI=1S/C28H38N2O3/c1-17(2)30-21(10-13-29-30)14-19-15-25-23-7-6-20-16-22(33-18(3)31)8-11-27(20,4)24(23)9-12-28(25,5)26(19)32/h6,10,13-14,17,22-25H,7-9,11-12,15-16H2,1-5H3/b19-14+/t22-,23+,24-,25-,27+,28-/m1/s1. The number of nitrogens with zero attached hydrogens (tertiary/aromatic N) is 2. The molecule has 33 heavy (non-hydrogen) atoms. The Morgan fingerprint density at radius 1 is 1.18 bits per heavy atom. The van der Waals surface area contributed by atoms with Crippen LogP contribution < -0.4 is 0 Å². The lowest BCUT2D eigenvalue weighted by atomic mass is 9.48. The van der Waals surface area contributed by atoms with Gasteiger partial charge in [0.05, 0.1) is 5.69 Å². The van der Waals surface area contributed by atoms with Gasteiger partial charge >= 0.3 is 5.97 Å². The number of ketones is 1. The molecule has 5 rings (SSSR count). The average molecular weight is 451 g/mol. The Bertz CT molecular complexity index is 1030. The number of carbonyl (C=O) groups excluding carboxylic acids is 2. The van der Waals surface area contributed by atoms with E-state index in [0.717, 1.165) is 56.2 Å². The Hall–Kier alpha value is -2.17. The van der Waals surface area contributed by atoms with E-state index in [9.17, 15) is 9.59 Å². The first-order valence-electron chi connectivity index (χ1n) is 12.8. The van der Waals surface area contributed by atoms with Crippen molar-refractivity contribution in [2.75, 3.05) is 0 Å². The Labute approximate surface area is 197 Å². The molecule has 3 fully saturated rings. The summed E-state index contributed by atoms with van der Waals surface area (Å²) in [6, 6.07) is 2.29. The molecule has 4 aliphatic rings. The molecule has 178 valence electrons. The fourth-order valence-corrected chi connectivity index (χ4v) is 7.81. The van der Waals surface area contributed by atoms with Crippen molar-refractivity contribution in [2.45, 2.75) is 91.7 Å². The van der Waals surface area contributed by atoms with E-state index in [-0.39, 0.29) is 28.9 Å². The highest BCUT2D eigenvalue weighted by Gasteiger charge is 2.60. The van der Waals surface area contributed by atoms with Crippen molar-refractivity contribution < 1.29 is 14.3 Å². The maximum atomic E-state index is 13.7. The minimum absolute atomic E-state index is 0.0284. The largest absolute Gasteiger partial charge is 0.462 e. The van der Waals surface area contributed by atoms with E-state index < -0.39 is 0 Å². The fourth-order valence-electron chi connectivity index (χ4n) is 7.81. The molecule has 0 unspecified atom stereocenters. The van der Waals surface area contributed by atoms with Crippen LogP contribution in [0.1, 0.15) is 91.3 Å². The number of esters is 1. The summed E-state index contributed by atoms with van der Waals surface area (Å²) in [4.78, 5) is 25.2. The summed E-state index contributed by atoms with van der Waals surface area (Å²) in [6.45, 7) is 10.4. The van der Waals surface area contributed by atoms with Gasteiger partial charge in [0, 0.05) is 31.0 Å². The predicted octanol–water partition coefficient (Wildman–Crippen LogP) is 5.92. The lowest BCUT2D eigenvalue weighted by Gasteiger charge is -2.56. The summed E-state index contributed by atoms with van der Waals surface area (Å²) in [5.74, 6) is 1.76. The smallest absolute Gasteiger partial charge is 0.302 e. The number of carbonyl (C=O) groups is 2. The van der Waals surface area contributed by atoms with Gasteiger partial charge < -0.3 is 4.74 Å². The fraction of sp³-hybridized carbons (Fsp3) is 0.679. The van der Waals surface area contributed by atoms with Crippen LogP contribution in [0.5, 0.6) is 0 Å². The number of hydrogen-bond acceptors (Lipinski definition) is 4. The Morgan fingerprint density at radius 2 is 1.94 bits per heavy atom. The maximum Gasteiger partial charge on any atom is 0.302 e. The Kier molecular flexibility index (Phi) is 5.45. The van der Waals surface area contributed by atoms with Crippen molar-refractivity contribution in [3.63, 3.8) is 0 Å². The first-order chi connectivity index (χ1) is 15.6. The molecule has 0 bridgehead atoms. The normalized spacial score (nSPS) is 39.2. The third kappa shape index (κ3) is 3.54. The zero-order chi connectivity index (χ0) is 23.5. The monoisotopic (exact) mass is 450 g/mol. The molecule has 0 radical (unpaired) electrons. The molecule has 4 aliphatic carbocycles. The molecular formula is C28H38N2O3. The molecular weight excluding hydrogens is 412 g/mol. The molecule has 0 spiro atoms. The summed E-state index contributed by atoms with van der Waals surface area (Å²) in [6.07, 6.45) is 13.4. The molecule has 1 aromatic rings. The van der Waals surface area contributed by atoms with Crippen LogP contribution >= 0.6 is 0 Å². The van der Waals surface area contributed by atoms with Crippen molar-refractivity contribution in [1.29, 1.82) is 0 Å². The molecule has 0 aliphatic heterocycles. The third-order valence-electron chi connectivity index (χ3n) is 9.54. The second kappa shape index (κ2) is 7.95. The van der Waals surface area contributed by atoms with Gasteiger partial charge in [0.15, 0.2) is 5.78 Å². The van der Waals surface area contributed by atoms with Crippen LogP contribution in [0.25, 0.3) is 6.08 Å². The van der Waals surface area contributed by atoms with Crippen LogP contribution in [-0.2, 0) is 14.3 Å². The second-order valence-electron chi connectivity index (χ2n) is 11.7. The van der Waals surface area contributed by atoms with Crippen LogP contribution in [-0.4, -0.2) is 27.6 Å². The summed E-state index contributed by atoms with van der Waals surface area (Å²) >= 11 is 0. The van der Waals surface area contributed by atoms with Crippen LogP contribution in [0.2, 0.25) is 0 Å². The predicted molar refractivity (Wildman–Crippen MR) is 128 cm³/mol. The van der Waals surface area contributed by atoms with Crippen LogP contribution in [0.15, 0.2) is 29.5 Å². The maximum absolute atomic E-state index is 13.7. The van der Waals surface area contributed by atoms with Crippen LogP contribution in [0.4, 0.5) is 0 Å². The minimum atomic E-state index is -0.244. The Morgan fingerprint density at radius 3 is 2.67 bits per heavy atom. The number of Topliss-reactive ketones (excluding diaryl/α,β-unsaturated/α-hetero) is 1. The van der Waals surface area contributed by atoms with Gasteiger partial charge in [0.25, 0.3) is 0 Å². The van der Waals surface area contributed by atoms with Gasteiger partial charge in [-0.15, -0.1) is 0 Å². The SMILES string of the molecule is CC(=O)O[C@@H]1CC[C@@]2(C)C(=CC[C@@H]3[C@H]4C/C(=C\c5ccnn5C(C)C)C(=O)[C@]4(C)CC[C@H]32)C1. The van der Waals surface area contributed by atoms with E-state index in [1.165, 1.54) is 12.5 Å². The van der Waals surface area contributed by atoms with E-state index in [4.69, 9.17) is 4.74 Å². The highest BCUT2D eigenvalue weighted by molar-refractivity contribution is 6.05. The molecule has 5 heteroatoms. The van der Waals surface area contributed by atoms with Gasteiger partial charge in [0.2, 0.25) is 0 Å². The van der Waals surface area contributed by atoms with Gasteiger partial charge in [-0.25, -0.2) is 0 Å². The number of ether oxygens (including phenoxy) is 1. The first-order valence-corrected chi connectivity index (χ1v) is 12.8. The summed E-state index contributed by atoms with van der Waals surface area (Å²) in [5, 5.41) is 4.46. The van der Waals surface area contributed by atoms with Crippen molar-refractivity contribution in [3.8, 4) is 0 Å². The zero-order valence-corrected chi connectivity index (χ0v) is 20.8. The molecule has 0 amide bonds. The van der Waals surface area contributed by atoms with Crippen molar-refractivity contribution >= 4 is 17.8 Å². The van der Waals surface area contributed by atoms with E-state index >= 15 is 0 Å². The van der Waals surface area contributed by atoms with Gasteiger partial charge in [-0.05, 0) is 93.3 Å². The lowest BCUT2D eigenvalue weighted by molar-refractivity contribution is -0.148. The van der Waals surface area contributed by atoms with Crippen LogP contribution in [0, 0.1) is 28.6 Å². The average Bonchev–Trinajstić information content (AvgIpc) is 3.32.